The molecule has 0 amide bonds. The molecule has 5 rings (SSSR count). The summed E-state index contributed by atoms with van der Waals surface area (Å²) in [5.41, 5.74) is 4.06. The molecule has 1 N–H and O–H groups in total. The smallest absolute Gasteiger partial charge is 0.136 e. The number of hydrogen-bond donors (Lipinski definition) is 1. The van der Waals surface area contributed by atoms with Gasteiger partial charge < -0.3 is 4.55 Å². The zero-order chi connectivity index (χ0) is 22.3. The lowest BCUT2D eigenvalue weighted by Gasteiger charge is -2.42. The molecule has 2 saturated carbocycles. The summed E-state index contributed by atoms with van der Waals surface area (Å²) in [5, 5.41) is 1.06. The Morgan fingerprint density at radius 1 is 1.09 bits per heavy atom. The Labute approximate surface area is 200 Å². The Morgan fingerprint density at radius 2 is 1.84 bits per heavy atom. The van der Waals surface area contributed by atoms with Crippen molar-refractivity contribution in [1.82, 2.24) is 14.7 Å². The van der Waals surface area contributed by atoms with E-state index in [9.17, 15) is 4.55 Å². The van der Waals surface area contributed by atoms with Gasteiger partial charge in [0, 0.05) is 29.2 Å². The van der Waals surface area contributed by atoms with E-state index in [-0.39, 0.29) is 16.2 Å². The molecule has 2 atom stereocenters. The molecule has 6 heteroatoms. The van der Waals surface area contributed by atoms with Crippen LogP contribution in [0, 0.1) is 11.3 Å². The van der Waals surface area contributed by atoms with Gasteiger partial charge in [-0.05, 0) is 88.2 Å². The summed E-state index contributed by atoms with van der Waals surface area (Å²) < 4.78 is 16.3. The summed E-state index contributed by atoms with van der Waals surface area (Å²) in [4.78, 5) is 9.51. The fraction of sp³-hybridized carbons (Fsp3) is 0.615. The fourth-order valence-electron chi connectivity index (χ4n) is 5.31. The van der Waals surface area contributed by atoms with Crippen molar-refractivity contribution in [3.8, 4) is 0 Å². The van der Waals surface area contributed by atoms with Crippen LogP contribution in [0.15, 0.2) is 41.7 Å². The third kappa shape index (κ3) is 4.75. The molecule has 2 aromatic rings. The van der Waals surface area contributed by atoms with E-state index in [4.69, 9.17) is 9.97 Å². The molecule has 0 saturated heterocycles. The predicted octanol–water partition coefficient (Wildman–Crippen LogP) is 5.97. The van der Waals surface area contributed by atoms with Crippen LogP contribution in [0.3, 0.4) is 0 Å². The first-order valence-corrected chi connectivity index (χ1v) is 14.2. The van der Waals surface area contributed by atoms with Crippen molar-refractivity contribution in [1.29, 1.82) is 0 Å². The third-order valence-corrected chi connectivity index (χ3v) is 10.2. The van der Waals surface area contributed by atoms with E-state index in [1.165, 1.54) is 29.7 Å². The third-order valence-electron chi connectivity index (χ3n) is 7.51. The molecule has 1 spiro atoms. The minimum atomic E-state index is -1.09. The van der Waals surface area contributed by atoms with Crippen LogP contribution >= 0.6 is 11.8 Å². The molecule has 3 aliphatic carbocycles. The zero-order valence-electron chi connectivity index (χ0n) is 19.5. The summed E-state index contributed by atoms with van der Waals surface area (Å²) in [6, 6.07) is 8.91. The highest BCUT2D eigenvalue weighted by atomic mass is 32.2. The zero-order valence-corrected chi connectivity index (χ0v) is 21.1. The van der Waals surface area contributed by atoms with Crippen molar-refractivity contribution in [2.75, 3.05) is 5.75 Å². The maximum atomic E-state index is 13.1. The van der Waals surface area contributed by atoms with Crippen LogP contribution in [0.1, 0.15) is 88.1 Å². The van der Waals surface area contributed by atoms with E-state index in [2.05, 4.69) is 29.0 Å². The second kappa shape index (κ2) is 8.94. The maximum Gasteiger partial charge on any atom is 0.136 e. The van der Waals surface area contributed by atoms with Gasteiger partial charge in [-0.25, -0.2) is 4.98 Å². The van der Waals surface area contributed by atoms with E-state index in [1.54, 1.807) is 0 Å². The highest BCUT2D eigenvalue weighted by molar-refractivity contribution is 7.99. The average molecular weight is 470 g/mol. The second-order valence-electron chi connectivity index (χ2n) is 11.0. The lowest BCUT2D eigenvalue weighted by Crippen LogP contribution is -2.46. The van der Waals surface area contributed by atoms with Crippen molar-refractivity contribution >= 4 is 23.1 Å². The van der Waals surface area contributed by atoms with E-state index >= 15 is 0 Å². The van der Waals surface area contributed by atoms with Gasteiger partial charge in [-0.3, -0.25) is 4.98 Å². The minimum absolute atomic E-state index is 0.147. The Kier molecular flexibility index (Phi) is 6.34. The first kappa shape index (κ1) is 22.7. The standard InChI is InChI=1S/C26H35N3OS2/c1-25(2,3)32(30)29-24-21-7-5-4-6-20(21)14-26(24)12-10-19(11-13-26)22-15-28-23(16-27-22)31-17-18-8-9-18/h4-7,15-16,18-19,24,29H,8-14,17H2,1-3H3/t19?,24-,26?,32?/m1/s1. The SMILES string of the molecule is CC(C)(C)[S+]([O-])N[C@@H]1c2ccccc2CC12CCC(c1cnc(SCC3CC3)cn1)CC2. The van der Waals surface area contributed by atoms with Crippen LogP contribution in [-0.2, 0) is 17.8 Å². The molecule has 0 radical (unpaired) electrons. The Morgan fingerprint density at radius 3 is 2.50 bits per heavy atom. The number of nitrogens with zero attached hydrogens (tertiary/aromatic N) is 2. The molecule has 4 nitrogen and oxygen atoms in total. The topological polar surface area (TPSA) is 60.9 Å². The second-order valence-corrected chi connectivity index (χ2v) is 14.0. The van der Waals surface area contributed by atoms with Gasteiger partial charge in [0.15, 0.2) is 0 Å². The van der Waals surface area contributed by atoms with Gasteiger partial charge >= 0.3 is 0 Å². The van der Waals surface area contributed by atoms with Gasteiger partial charge in [-0.1, -0.05) is 24.3 Å². The van der Waals surface area contributed by atoms with Crippen molar-refractivity contribution in [2.45, 2.75) is 87.4 Å². The number of hydrogen-bond acceptors (Lipinski definition) is 5. The number of fused-ring (bicyclic) bond motifs is 1. The summed E-state index contributed by atoms with van der Waals surface area (Å²) in [6.07, 6.45) is 12.3. The van der Waals surface area contributed by atoms with Crippen molar-refractivity contribution in [3.05, 3.63) is 53.5 Å². The molecule has 1 unspecified atom stereocenters. The van der Waals surface area contributed by atoms with Gasteiger partial charge in [-0.2, -0.15) is 0 Å². The molecule has 0 bridgehead atoms. The Bertz CT molecular complexity index is 931. The number of thioether (sulfide) groups is 1. The molecule has 32 heavy (non-hydrogen) atoms. The predicted molar refractivity (Wildman–Crippen MR) is 133 cm³/mol. The van der Waals surface area contributed by atoms with Crippen LogP contribution in [0.2, 0.25) is 0 Å². The van der Waals surface area contributed by atoms with E-state index in [0.29, 0.717) is 5.92 Å². The molecule has 0 aliphatic heterocycles. The van der Waals surface area contributed by atoms with Crippen LogP contribution in [0.5, 0.6) is 0 Å². The highest BCUT2D eigenvalue weighted by Gasteiger charge is 2.50. The lowest BCUT2D eigenvalue weighted by molar-refractivity contribution is 0.139. The van der Waals surface area contributed by atoms with Gasteiger partial charge in [0.2, 0.25) is 0 Å². The molecule has 172 valence electrons. The van der Waals surface area contributed by atoms with Gasteiger partial charge in [0.1, 0.15) is 9.77 Å². The highest BCUT2D eigenvalue weighted by Crippen LogP contribution is 2.56. The summed E-state index contributed by atoms with van der Waals surface area (Å²) in [6.45, 7) is 6.14. The summed E-state index contributed by atoms with van der Waals surface area (Å²) in [7, 11) is 0. The van der Waals surface area contributed by atoms with Crippen molar-refractivity contribution in [3.63, 3.8) is 0 Å². The molecular formula is C26H35N3OS2. The number of aromatic nitrogens is 2. The normalized spacial score (nSPS) is 28.6. The van der Waals surface area contributed by atoms with Crippen LogP contribution in [0.4, 0.5) is 0 Å². The van der Waals surface area contributed by atoms with Gasteiger partial charge in [0.05, 0.1) is 17.9 Å². The molecule has 2 fully saturated rings. The maximum absolute atomic E-state index is 13.1. The lowest BCUT2D eigenvalue weighted by atomic mass is 9.66. The van der Waals surface area contributed by atoms with Crippen molar-refractivity contribution in [2.24, 2.45) is 11.3 Å². The van der Waals surface area contributed by atoms with Crippen LogP contribution < -0.4 is 4.72 Å². The number of rotatable bonds is 6. The van der Waals surface area contributed by atoms with Gasteiger partial charge in [-0.15, -0.1) is 16.5 Å². The Balaban J connectivity index is 1.28. The fourth-order valence-corrected chi connectivity index (χ4v) is 7.25. The number of benzene rings is 1. The van der Waals surface area contributed by atoms with Crippen LogP contribution in [-0.4, -0.2) is 25.0 Å². The van der Waals surface area contributed by atoms with E-state index < -0.39 is 11.4 Å². The first-order chi connectivity index (χ1) is 15.3. The monoisotopic (exact) mass is 469 g/mol. The van der Waals surface area contributed by atoms with E-state index in [0.717, 1.165) is 48.7 Å². The van der Waals surface area contributed by atoms with E-state index in [1.807, 2.05) is 44.9 Å². The van der Waals surface area contributed by atoms with Crippen LogP contribution in [0.25, 0.3) is 0 Å². The average Bonchev–Trinajstić information content (AvgIpc) is 3.57. The first-order valence-electron chi connectivity index (χ1n) is 12.0. The Hall–Kier alpha value is -1.08. The van der Waals surface area contributed by atoms with Gasteiger partial charge in [0.25, 0.3) is 0 Å². The molecule has 1 aromatic carbocycles. The quantitative estimate of drug-likeness (QED) is 0.417. The summed E-state index contributed by atoms with van der Waals surface area (Å²) in [5.74, 6) is 2.57. The molecule has 3 aliphatic rings. The molecule has 1 aromatic heterocycles. The minimum Gasteiger partial charge on any atom is -0.598 e. The molecular weight excluding hydrogens is 434 g/mol. The molecule has 1 heterocycles. The summed E-state index contributed by atoms with van der Waals surface area (Å²) >= 11 is 0.766. The number of nitrogens with one attached hydrogen (secondary N) is 1. The largest absolute Gasteiger partial charge is 0.598 e. The van der Waals surface area contributed by atoms with Crippen molar-refractivity contribution < 1.29 is 4.55 Å².